The highest BCUT2D eigenvalue weighted by Gasteiger charge is 2.11. The lowest BCUT2D eigenvalue weighted by Gasteiger charge is -2.02. The number of nitrogens with two attached hydrogens (primary N) is 2. The zero-order valence-electron chi connectivity index (χ0n) is 10.2. The van der Waals surface area contributed by atoms with Crippen LogP contribution in [-0.2, 0) is 4.79 Å². The Labute approximate surface area is 109 Å². The first-order chi connectivity index (χ1) is 9.06. The first-order valence-corrected chi connectivity index (χ1v) is 5.71. The van der Waals surface area contributed by atoms with E-state index in [1.165, 1.54) is 0 Å². The monoisotopic (exact) mass is 255 g/mol. The summed E-state index contributed by atoms with van der Waals surface area (Å²) < 4.78 is 0. The van der Waals surface area contributed by atoms with Crippen molar-refractivity contribution in [2.75, 3.05) is 0 Å². The van der Waals surface area contributed by atoms with Gasteiger partial charge >= 0.3 is 0 Å². The predicted octanol–water partition coefficient (Wildman–Crippen LogP) is 1.21. The van der Waals surface area contributed by atoms with Crippen molar-refractivity contribution < 1.29 is 9.59 Å². The largest absolute Gasteiger partial charge is 0.370 e. The smallest absolute Gasteiger partial charge is 0.256 e. The average molecular weight is 255 g/mol. The second kappa shape index (κ2) is 5.30. The van der Waals surface area contributed by atoms with Gasteiger partial charge in [0.1, 0.15) is 0 Å². The highest BCUT2D eigenvalue weighted by atomic mass is 16.2. The molecule has 19 heavy (non-hydrogen) atoms. The van der Waals surface area contributed by atoms with E-state index in [2.05, 4.69) is 4.99 Å². The van der Waals surface area contributed by atoms with E-state index in [-0.39, 0.29) is 18.2 Å². The maximum absolute atomic E-state index is 11.9. The Morgan fingerprint density at radius 2 is 1.68 bits per heavy atom. The van der Waals surface area contributed by atoms with E-state index in [1.54, 1.807) is 12.1 Å². The molecule has 0 aromatic heterocycles. The van der Waals surface area contributed by atoms with Crippen molar-refractivity contribution in [1.82, 2.24) is 0 Å². The van der Waals surface area contributed by atoms with Crippen molar-refractivity contribution in [3.8, 4) is 0 Å². The van der Waals surface area contributed by atoms with E-state index in [1.807, 2.05) is 30.3 Å². The molecule has 1 amide bonds. The van der Waals surface area contributed by atoms with Gasteiger partial charge in [-0.05, 0) is 16.8 Å². The lowest BCUT2D eigenvalue weighted by Crippen LogP contribution is -2.24. The molecular formula is C14H13N3O2. The summed E-state index contributed by atoms with van der Waals surface area (Å²) in [7, 11) is 0. The van der Waals surface area contributed by atoms with Crippen molar-refractivity contribution in [1.29, 1.82) is 0 Å². The van der Waals surface area contributed by atoms with E-state index < -0.39 is 5.91 Å². The summed E-state index contributed by atoms with van der Waals surface area (Å²) in [6.45, 7) is 0. The van der Waals surface area contributed by atoms with Crippen LogP contribution in [0.15, 0.2) is 47.5 Å². The van der Waals surface area contributed by atoms with Gasteiger partial charge in [0.15, 0.2) is 11.7 Å². The number of rotatable bonds is 3. The number of carbonyl (C=O) groups is 2. The maximum Gasteiger partial charge on any atom is 0.256 e. The van der Waals surface area contributed by atoms with Gasteiger partial charge in [0, 0.05) is 5.56 Å². The molecule has 4 N–H and O–H groups in total. The third-order valence-corrected chi connectivity index (χ3v) is 2.64. The second-order valence-electron chi connectivity index (χ2n) is 4.09. The van der Waals surface area contributed by atoms with Crippen LogP contribution in [0, 0.1) is 0 Å². The third kappa shape index (κ3) is 3.16. The van der Waals surface area contributed by atoms with Gasteiger partial charge in [0.05, 0.1) is 6.42 Å². The molecule has 2 rings (SSSR count). The number of nitrogens with zero attached hydrogens (tertiary/aromatic N) is 1. The van der Waals surface area contributed by atoms with Gasteiger partial charge in [-0.3, -0.25) is 9.59 Å². The summed E-state index contributed by atoms with van der Waals surface area (Å²) in [5, 5.41) is 1.98. The summed E-state index contributed by atoms with van der Waals surface area (Å²) in [5.41, 5.74) is 10.6. The minimum absolute atomic E-state index is 0.305. The number of hydrogen-bond acceptors (Lipinski definition) is 2. The zero-order valence-corrected chi connectivity index (χ0v) is 10.2. The quantitative estimate of drug-likeness (QED) is 0.373. The fourth-order valence-electron chi connectivity index (χ4n) is 1.79. The van der Waals surface area contributed by atoms with Crippen molar-refractivity contribution in [3.63, 3.8) is 0 Å². The molecule has 5 nitrogen and oxygen atoms in total. The molecule has 0 bridgehead atoms. The number of aliphatic imine (C=N–C) groups is 1. The number of benzene rings is 2. The summed E-state index contributed by atoms with van der Waals surface area (Å²) in [4.78, 5) is 26.6. The molecule has 0 saturated heterocycles. The molecule has 0 aliphatic rings. The fraction of sp³-hybridized carbons (Fsp3) is 0.0714. The van der Waals surface area contributed by atoms with Crippen molar-refractivity contribution in [2.24, 2.45) is 16.5 Å². The first kappa shape index (κ1) is 12.8. The fourth-order valence-corrected chi connectivity index (χ4v) is 1.79. The van der Waals surface area contributed by atoms with Gasteiger partial charge in [0.2, 0.25) is 0 Å². The number of amides is 1. The number of ketones is 1. The van der Waals surface area contributed by atoms with Gasteiger partial charge in [-0.15, -0.1) is 0 Å². The van der Waals surface area contributed by atoms with Gasteiger partial charge < -0.3 is 11.5 Å². The molecule has 0 radical (unpaired) electrons. The van der Waals surface area contributed by atoms with Crippen LogP contribution in [0.2, 0.25) is 0 Å². The Bertz CT molecular complexity index is 673. The number of Topliss-reactive ketones (excluding diaryl/α,β-unsaturated/α-hetero) is 1. The van der Waals surface area contributed by atoms with E-state index in [9.17, 15) is 9.59 Å². The van der Waals surface area contributed by atoms with E-state index >= 15 is 0 Å². The second-order valence-corrected chi connectivity index (χ2v) is 4.09. The van der Waals surface area contributed by atoms with Crippen LogP contribution in [0.5, 0.6) is 0 Å². The first-order valence-electron chi connectivity index (χ1n) is 5.71. The maximum atomic E-state index is 11.9. The Hall–Kier alpha value is -2.69. The van der Waals surface area contributed by atoms with Crippen LogP contribution >= 0.6 is 0 Å². The molecule has 0 aliphatic heterocycles. The Morgan fingerprint density at radius 1 is 1.00 bits per heavy atom. The average Bonchev–Trinajstić information content (AvgIpc) is 2.37. The van der Waals surface area contributed by atoms with Crippen LogP contribution in [0.1, 0.15) is 16.8 Å². The van der Waals surface area contributed by atoms with Gasteiger partial charge in [-0.2, -0.15) is 4.99 Å². The van der Waals surface area contributed by atoms with Crippen LogP contribution in [0.3, 0.4) is 0 Å². The highest BCUT2D eigenvalue weighted by molar-refractivity contribution is 6.10. The predicted molar refractivity (Wildman–Crippen MR) is 73.7 cm³/mol. The number of guanidine groups is 1. The molecule has 0 fully saturated rings. The molecule has 5 heteroatoms. The molecule has 0 atom stereocenters. The summed E-state index contributed by atoms with van der Waals surface area (Å²) in [6.07, 6.45) is -0.337. The zero-order chi connectivity index (χ0) is 13.8. The molecular weight excluding hydrogens is 242 g/mol. The summed E-state index contributed by atoms with van der Waals surface area (Å²) in [5.74, 6) is -1.28. The van der Waals surface area contributed by atoms with Gasteiger partial charge in [0.25, 0.3) is 5.91 Å². The lowest BCUT2D eigenvalue weighted by molar-refractivity contribution is -0.116. The van der Waals surface area contributed by atoms with Crippen LogP contribution in [-0.4, -0.2) is 17.6 Å². The number of fused-ring (bicyclic) bond motifs is 1. The van der Waals surface area contributed by atoms with Gasteiger partial charge in [-0.25, -0.2) is 0 Å². The van der Waals surface area contributed by atoms with Gasteiger partial charge in [-0.1, -0.05) is 36.4 Å². The molecule has 0 aliphatic carbocycles. The number of carbonyl (C=O) groups excluding carboxylic acids is 2. The van der Waals surface area contributed by atoms with E-state index in [0.29, 0.717) is 5.56 Å². The molecule has 0 saturated carbocycles. The minimum atomic E-state index is -0.641. The summed E-state index contributed by atoms with van der Waals surface area (Å²) >= 11 is 0. The normalized spacial score (nSPS) is 10.1. The minimum Gasteiger partial charge on any atom is -0.370 e. The Morgan fingerprint density at radius 3 is 2.37 bits per heavy atom. The van der Waals surface area contributed by atoms with Crippen molar-refractivity contribution in [3.05, 3.63) is 48.0 Å². The lowest BCUT2D eigenvalue weighted by atomic mass is 10.0. The molecule has 0 heterocycles. The summed E-state index contributed by atoms with van der Waals surface area (Å²) in [6, 6.07) is 13.0. The Balaban J connectivity index is 2.22. The SMILES string of the molecule is NC(N)=NC(=O)CC(=O)c1ccc2ccccc2c1. The molecule has 2 aromatic carbocycles. The van der Waals surface area contributed by atoms with Crippen molar-refractivity contribution >= 4 is 28.4 Å². The molecule has 2 aromatic rings. The molecule has 96 valence electrons. The number of hydrogen-bond donors (Lipinski definition) is 2. The molecule has 0 unspecified atom stereocenters. The third-order valence-electron chi connectivity index (χ3n) is 2.64. The van der Waals surface area contributed by atoms with Crippen LogP contribution in [0.25, 0.3) is 10.8 Å². The van der Waals surface area contributed by atoms with Crippen molar-refractivity contribution in [2.45, 2.75) is 6.42 Å². The topological polar surface area (TPSA) is 98.5 Å². The van der Waals surface area contributed by atoms with Crippen LogP contribution < -0.4 is 11.5 Å². The Kier molecular flexibility index (Phi) is 3.56. The highest BCUT2D eigenvalue weighted by Crippen LogP contribution is 2.16. The van der Waals surface area contributed by atoms with Crippen LogP contribution in [0.4, 0.5) is 0 Å². The molecule has 0 spiro atoms. The van der Waals surface area contributed by atoms with E-state index in [4.69, 9.17) is 11.5 Å². The van der Waals surface area contributed by atoms with E-state index in [0.717, 1.165) is 10.8 Å². The standard InChI is InChI=1S/C14H13N3O2/c15-14(16)17-13(19)8-12(18)11-6-5-9-3-1-2-4-10(9)7-11/h1-7H,8H2,(H4,15,16,17,19).